The van der Waals surface area contributed by atoms with E-state index >= 15 is 0 Å². The molecule has 0 N–H and O–H groups in total. The molecule has 1 saturated heterocycles. The molecule has 1 unspecified atom stereocenters. The van der Waals surface area contributed by atoms with Crippen molar-refractivity contribution in [2.75, 3.05) is 0 Å². The summed E-state index contributed by atoms with van der Waals surface area (Å²) in [5, 5.41) is 0. The lowest BCUT2D eigenvalue weighted by molar-refractivity contribution is -0.149. The van der Waals surface area contributed by atoms with Gasteiger partial charge < -0.3 is 9.47 Å². The van der Waals surface area contributed by atoms with Gasteiger partial charge in [-0.1, -0.05) is 23.8 Å². The molecular weight excluding hydrogens is 268 g/mol. The van der Waals surface area contributed by atoms with E-state index in [9.17, 15) is 9.59 Å². The first-order valence-electron chi connectivity index (χ1n) is 7.28. The molecule has 21 heavy (non-hydrogen) atoms. The van der Waals surface area contributed by atoms with Crippen LogP contribution in [-0.2, 0) is 19.1 Å². The summed E-state index contributed by atoms with van der Waals surface area (Å²) in [6.45, 7) is 9.27. The zero-order valence-corrected chi connectivity index (χ0v) is 12.8. The Hall–Kier alpha value is -1.84. The minimum atomic E-state index is -0.412. The summed E-state index contributed by atoms with van der Waals surface area (Å²) < 4.78 is 10.9. The lowest BCUT2D eigenvalue weighted by atomic mass is 9.85. The molecule has 2 aliphatic rings. The van der Waals surface area contributed by atoms with E-state index in [1.807, 2.05) is 19.9 Å². The van der Waals surface area contributed by atoms with Gasteiger partial charge in [-0.25, -0.2) is 4.79 Å². The van der Waals surface area contributed by atoms with Gasteiger partial charge in [0.25, 0.3) is 0 Å². The second-order valence-electron chi connectivity index (χ2n) is 5.88. The second kappa shape index (κ2) is 6.29. The van der Waals surface area contributed by atoms with Crippen molar-refractivity contribution in [1.82, 2.24) is 0 Å². The molecule has 0 aromatic heterocycles. The van der Waals surface area contributed by atoms with Gasteiger partial charge in [0.15, 0.2) is 0 Å². The molecule has 0 amide bonds. The molecule has 1 aliphatic carbocycles. The van der Waals surface area contributed by atoms with Crippen molar-refractivity contribution in [2.45, 2.75) is 52.2 Å². The number of allylic oxidation sites excluding steroid dienone is 2. The number of carbonyl (C=O) groups excluding carboxylic acids is 2. The number of hydrogen-bond donors (Lipinski definition) is 0. The van der Waals surface area contributed by atoms with Crippen LogP contribution in [0, 0.1) is 5.92 Å². The summed E-state index contributed by atoms with van der Waals surface area (Å²) in [6.07, 6.45) is 5.80. The van der Waals surface area contributed by atoms with Gasteiger partial charge in [0.1, 0.15) is 12.2 Å². The van der Waals surface area contributed by atoms with Crippen molar-refractivity contribution < 1.29 is 19.1 Å². The number of carbonyl (C=O) groups is 2. The van der Waals surface area contributed by atoms with Crippen LogP contribution in [0.2, 0.25) is 0 Å². The highest BCUT2D eigenvalue weighted by molar-refractivity contribution is 5.91. The maximum Gasteiger partial charge on any atom is 0.334 e. The van der Waals surface area contributed by atoms with Crippen LogP contribution in [0.25, 0.3) is 0 Å². The average molecular weight is 290 g/mol. The molecule has 0 spiro atoms. The monoisotopic (exact) mass is 290 g/mol. The van der Waals surface area contributed by atoms with Crippen molar-refractivity contribution in [1.29, 1.82) is 0 Å². The summed E-state index contributed by atoms with van der Waals surface area (Å²) in [7, 11) is 0. The molecule has 1 heterocycles. The summed E-state index contributed by atoms with van der Waals surface area (Å²) in [5.41, 5.74) is 2.71. The number of hydrogen-bond acceptors (Lipinski definition) is 4. The molecule has 0 aromatic rings. The Bertz CT molecular complexity index is 527. The van der Waals surface area contributed by atoms with Gasteiger partial charge in [0, 0.05) is 18.9 Å². The number of rotatable bonds is 1. The molecule has 114 valence electrons. The molecule has 1 fully saturated rings. The van der Waals surface area contributed by atoms with Crippen LogP contribution in [0.5, 0.6) is 0 Å². The zero-order valence-electron chi connectivity index (χ0n) is 12.8. The van der Waals surface area contributed by atoms with E-state index in [0.29, 0.717) is 12.0 Å². The minimum Gasteiger partial charge on any atom is -0.461 e. The predicted octanol–water partition coefficient (Wildman–Crippen LogP) is 3.09. The first-order valence-corrected chi connectivity index (χ1v) is 7.28. The Kier molecular flexibility index (Phi) is 4.66. The smallest absolute Gasteiger partial charge is 0.334 e. The summed E-state index contributed by atoms with van der Waals surface area (Å²) in [4.78, 5) is 23.2. The standard InChI is InChI=1S/C17H22O4/c1-10-6-5-7-11(2)9-15-16(12(3)17(19)21-15)14(8-10)20-13(4)18/h6,9,14-16H,3,5,7-8H2,1-2,4H3/b10-6?,11-9+/t14?,15-,16-/m1/s1. The van der Waals surface area contributed by atoms with E-state index < -0.39 is 12.1 Å². The Labute approximate surface area is 125 Å². The van der Waals surface area contributed by atoms with E-state index in [1.54, 1.807) is 0 Å². The summed E-state index contributed by atoms with van der Waals surface area (Å²) in [5.74, 6) is -1.05. The molecule has 2 rings (SSSR count). The number of ether oxygens (including phenoxy) is 2. The summed E-state index contributed by atoms with van der Waals surface area (Å²) in [6, 6.07) is 0. The molecule has 0 radical (unpaired) electrons. The van der Waals surface area contributed by atoms with E-state index in [4.69, 9.17) is 9.47 Å². The molecule has 0 bridgehead atoms. The van der Waals surface area contributed by atoms with E-state index in [0.717, 1.165) is 18.4 Å². The number of esters is 2. The topological polar surface area (TPSA) is 52.6 Å². The largest absolute Gasteiger partial charge is 0.461 e. The molecule has 3 atom stereocenters. The van der Waals surface area contributed by atoms with Gasteiger partial charge in [0.05, 0.1) is 5.92 Å². The van der Waals surface area contributed by atoms with Crippen LogP contribution in [0.4, 0.5) is 0 Å². The zero-order chi connectivity index (χ0) is 15.6. The third-order valence-electron chi connectivity index (χ3n) is 3.98. The lowest BCUT2D eigenvalue weighted by Crippen LogP contribution is -2.32. The fraction of sp³-hybridized carbons (Fsp3) is 0.529. The molecular formula is C17H22O4. The lowest BCUT2D eigenvalue weighted by Gasteiger charge is -2.26. The van der Waals surface area contributed by atoms with Gasteiger partial charge >= 0.3 is 11.9 Å². The molecule has 4 heteroatoms. The van der Waals surface area contributed by atoms with Gasteiger partial charge in [-0.2, -0.15) is 0 Å². The van der Waals surface area contributed by atoms with Crippen molar-refractivity contribution >= 4 is 11.9 Å². The molecule has 0 saturated carbocycles. The fourth-order valence-corrected chi connectivity index (χ4v) is 2.95. The van der Waals surface area contributed by atoms with Gasteiger partial charge in [-0.15, -0.1) is 0 Å². The van der Waals surface area contributed by atoms with Crippen molar-refractivity contribution in [3.05, 3.63) is 35.5 Å². The van der Waals surface area contributed by atoms with Crippen LogP contribution in [0.1, 0.15) is 40.0 Å². The maximum atomic E-state index is 11.9. The quantitative estimate of drug-likeness (QED) is 0.423. The van der Waals surface area contributed by atoms with Crippen LogP contribution < -0.4 is 0 Å². The van der Waals surface area contributed by atoms with Gasteiger partial charge in [-0.3, -0.25) is 4.79 Å². The third-order valence-corrected chi connectivity index (χ3v) is 3.98. The first-order chi connectivity index (χ1) is 9.88. The molecule has 4 nitrogen and oxygen atoms in total. The second-order valence-corrected chi connectivity index (χ2v) is 5.88. The van der Waals surface area contributed by atoms with Crippen LogP contribution in [-0.4, -0.2) is 24.1 Å². The minimum absolute atomic E-state index is 0.308. The SMILES string of the molecule is C=C1C(=O)O[C@@H]2/C=C(\C)CCC=C(C)CC(OC(C)=O)[C@@H]12. The van der Waals surface area contributed by atoms with E-state index in [1.165, 1.54) is 12.5 Å². The molecule has 0 aromatic carbocycles. The highest BCUT2D eigenvalue weighted by atomic mass is 16.6. The summed E-state index contributed by atoms with van der Waals surface area (Å²) >= 11 is 0. The predicted molar refractivity (Wildman–Crippen MR) is 79.4 cm³/mol. The van der Waals surface area contributed by atoms with E-state index in [-0.39, 0.29) is 18.0 Å². The Morgan fingerprint density at radius 2 is 2.10 bits per heavy atom. The van der Waals surface area contributed by atoms with Gasteiger partial charge in [0.2, 0.25) is 0 Å². The van der Waals surface area contributed by atoms with Crippen LogP contribution >= 0.6 is 0 Å². The van der Waals surface area contributed by atoms with Crippen LogP contribution in [0.3, 0.4) is 0 Å². The molecule has 1 aliphatic heterocycles. The Morgan fingerprint density at radius 3 is 2.76 bits per heavy atom. The van der Waals surface area contributed by atoms with Crippen molar-refractivity contribution in [3.63, 3.8) is 0 Å². The Balaban J connectivity index is 2.39. The van der Waals surface area contributed by atoms with Crippen molar-refractivity contribution in [3.8, 4) is 0 Å². The highest BCUT2D eigenvalue weighted by Crippen LogP contribution is 2.36. The third kappa shape index (κ3) is 3.63. The van der Waals surface area contributed by atoms with Crippen LogP contribution in [0.15, 0.2) is 35.5 Å². The Morgan fingerprint density at radius 1 is 1.38 bits per heavy atom. The normalized spacial score (nSPS) is 32.4. The van der Waals surface area contributed by atoms with Gasteiger partial charge in [-0.05, 0) is 32.8 Å². The fourth-order valence-electron chi connectivity index (χ4n) is 2.95. The average Bonchev–Trinajstić information content (AvgIpc) is 2.62. The maximum absolute atomic E-state index is 11.9. The first kappa shape index (κ1) is 15.5. The van der Waals surface area contributed by atoms with Crippen molar-refractivity contribution in [2.24, 2.45) is 5.92 Å². The highest BCUT2D eigenvalue weighted by Gasteiger charge is 2.44. The number of fused-ring (bicyclic) bond motifs is 1. The van der Waals surface area contributed by atoms with E-state index in [2.05, 4.69) is 12.7 Å².